The summed E-state index contributed by atoms with van der Waals surface area (Å²) in [6.07, 6.45) is 3.24. The molecule has 19 heavy (non-hydrogen) atoms. The van der Waals surface area contributed by atoms with Crippen LogP contribution in [0.1, 0.15) is 10.5 Å². The van der Waals surface area contributed by atoms with E-state index in [0.29, 0.717) is 4.96 Å². The number of anilines is 1. The number of hydrogen-bond acceptors (Lipinski definition) is 3. The van der Waals surface area contributed by atoms with E-state index >= 15 is 0 Å². The maximum absolute atomic E-state index is 13.4. The van der Waals surface area contributed by atoms with Crippen LogP contribution in [-0.4, -0.2) is 15.3 Å². The summed E-state index contributed by atoms with van der Waals surface area (Å²) >= 11 is 1.36. The minimum atomic E-state index is -0.825. The van der Waals surface area contributed by atoms with Crippen LogP contribution in [0.3, 0.4) is 0 Å². The minimum absolute atomic E-state index is 0.106. The highest BCUT2D eigenvalue weighted by atomic mass is 32.1. The van der Waals surface area contributed by atoms with E-state index in [2.05, 4.69) is 10.3 Å². The van der Waals surface area contributed by atoms with E-state index in [1.807, 2.05) is 5.38 Å². The van der Waals surface area contributed by atoms with Crippen molar-refractivity contribution >= 4 is 27.9 Å². The molecule has 0 radical (unpaired) electrons. The number of benzene rings is 1. The van der Waals surface area contributed by atoms with Crippen LogP contribution in [0.25, 0.3) is 4.96 Å². The van der Waals surface area contributed by atoms with Crippen molar-refractivity contribution < 1.29 is 13.6 Å². The predicted molar refractivity (Wildman–Crippen MR) is 67.4 cm³/mol. The first kappa shape index (κ1) is 11.8. The van der Waals surface area contributed by atoms with Gasteiger partial charge >= 0.3 is 0 Å². The first-order valence-electron chi connectivity index (χ1n) is 5.33. The van der Waals surface area contributed by atoms with Crippen LogP contribution >= 0.6 is 11.3 Å². The van der Waals surface area contributed by atoms with E-state index in [1.54, 1.807) is 10.6 Å². The first-order chi connectivity index (χ1) is 9.15. The quantitative estimate of drug-likeness (QED) is 0.784. The van der Waals surface area contributed by atoms with Gasteiger partial charge in [0, 0.05) is 17.8 Å². The number of aromatic nitrogens is 2. The van der Waals surface area contributed by atoms with Crippen molar-refractivity contribution in [3.05, 3.63) is 53.3 Å². The summed E-state index contributed by atoms with van der Waals surface area (Å²) in [5, 5.41) is 4.01. The number of fused-ring (bicyclic) bond motifs is 1. The molecule has 1 amide bonds. The Hall–Kier alpha value is -2.28. The summed E-state index contributed by atoms with van der Waals surface area (Å²) in [5.41, 5.74) is -0.363. The van der Waals surface area contributed by atoms with Gasteiger partial charge < -0.3 is 5.32 Å². The summed E-state index contributed by atoms with van der Waals surface area (Å²) < 4.78 is 28.4. The maximum Gasteiger partial charge on any atom is 0.276 e. The number of rotatable bonds is 2. The molecular weight excluding hydrogens is 272 g/mol. The molecule has 7 heteroatoms. The Morgan fingerprint density at radius 3 is 2.74 bits per heavy atom. The minimum Gasteiger partial charge on any atom is -0.316 e. The molecular formula is C12H7F2N3OS. The molecule has 0 aliphatic heterocycles. The van der Waals surface area contributed by atoms with Crippen LogP contribution in [-0.2, 0) is 0 Å². The van der Waals surface area contributed by atoms with Crippen LogP contribution < -0.4 is 5.32 Å². The normalized spacial score (nSPS) is 10.8. The third-order valence-electron chi connectivity index (χ3n) is 2.53. The van der Waals surface area contributed by atoms with Crippen molar-refractivity contribution in [2.45, 2.75) is 0 Å². The lowest BCUT2D eigenvalue weighted by atomic mass is 10.3. The predicted octanol–water partition coefficient (Wildman–Crippen LogP) is 2.93. The Balaban J connectivity index is 1.91. The average molecular weight is 279 g/mol. The maximum atomic E-state index is 13.4. The van der Waals surface area contributed by atoms with Gasteiger partial charge in [0.15, 0.2) is 4.96 Å². The van der Waals surface area contributed by atoms with Gasteiger partial charge in [0.05, 0.1) is 0 Å². The SMILES string of the molecule is O=C(Nc1c(F)cccc1F)c1cn2ccsc2n1. The smallest absolute Gasteiger partial charge is 0.276 e. The number of nitrogens with one attached hydrogen (secondary N) is 1. The van der Waals surface area contributed by atoms with E-state index in [9.17, 15) is 13.6 Å². The third-order valence-corrected chi connectivity index (χ3v) is 3.30. The fourth-order valence-electron chi connectivity index (χ4n) is 1.63. The van der Waals surface area contributed by atoms with Crippen LogP contribution in [0.5, 0.6) is 0 Å². The molecule has 0 saturated carbocycles. The van der Waals surface area contributed by atoms with Gasteiger partial charge in [-0.3, -0.25) is 9.20 Å². The number of thiazole rings is 1. The number of hydrogen-bond donors (Lipinski definition) is 1. The molecule has 0 aliphatic carbocycles. The molecule has 2 aromatic heterocycles. The Kier molecular flexibility index (Phi) is 2.75. The van der Waals surface area contributed by atoms with Crippen molar-refractivity contribution in [2.75, 3.05) is 5.32 Å². The molecule has 1 N–H and O–H groups in total. The molecule has 3 aromatic rings. The molecule has 96 valence electrons. The second-order valence-electron chi connectivity index (χ2n) is 3.77. The van der Waals surface area contributed by atoms with Crippen molar-refractivity contribution in [1.29, 1.82) is 0 Å². The molecule has 0 aliphatic rings. The van der Waals surface area contributed by atoms with Crippen molar-refractivity contribution in [3.8, 4) is 0 Å². The highest BCUT2D eigenvalue weighted by Crippen LogP contribution is 2.19. The van der Waals surface area contributed by atoms with Gasteiger partial charge in [-0.1, -0.05) is 6.07 Å². The van der Waals surface area contributed by atoms with Gasteiger partial charge in [0.1, 0.15) is 23.0 Å². The lowest BCUT2D eigenvalue weighted by molar-refractivity contribution is 0.102. The standard InChI is InChI=1S/C12H7F2N3OS/c13-7-2-1-3-8(14)10(7)16-11(18)9-6-17-4-5-19-12(17)15-9/h1-6H,(H,16,18). The van der Waals surface area contributed by atoms with Gasteiger partial charge in [-0.2, -0.15) is 0 Å². The molecule has 0 bridgehead atoms. The third kappa shape index (κ3) is 2.08. The number of imidazole rings is 1. The monoisotopic (exact) mass is 279 g/mol. The topological polar surface area (TPSA) is 46.4 Å². The Morgan fingerprint density at radius 1 is 1.32 bits per heavy atom. The zero-order chi connectivity index (χ0) is 13.4. The highest BCUT2D eigenvalue weighted by Gasteiger charge is 2.16. The molecule has 0 saturated heterocycles. The summed E-state index contributed by atoms with van der Waals surface area (Å²) in [6.45, 7) is 0. The summed E-state index contributed by atoms with van der Waals surface area (Å²) in [5.74, 6) is -2.30. The molecule has 4 nitrogen and oxygen atoms in total. The lowest BCUT2D eigenvalue weighted by Gasteiger charge is -2.05. The van der Waals surface area contributed by atoms with Gasteiger partial charge in [-0.05, 0) is 12.1 Å². The van der Waals surface area contributed by atoms with Crippen molar-refractivity contribution in [1.82, 2.24) is 9.38 Å². The van der Waals surface area contributed by atoms with E-state index < -0.39 is 23.2 Å². The van der Waals surface area contributed by atoms with Gasteiger partial charge in [-0.15, -0.1) is 11.3 Å². The summed E-state index contributed by atoms with van der Waals surface area (Å²) in [6, 6.07) is 3.38. The molecule has 2 heterocycles. The second kappa shape index (κ2) is 4.43. The molecule has 0 unspecified atom stereocenters. The summed E-state index contributed by atoms with van der Waals surface area (Å²) in [4.78, 5) is 16.6. The Morgan fingerprint density at radius 2 is 2.05 bits per heavy atom. The van der Waals surface area contributed by atoms with Crippen molar-refractivity contribution in [3.63, 3.8) is 0 Å². The van der Waals surface area contributed by atoms with E-state index in [0.717, 1.165) is 12.1 Å². The van der Waals surface area contributed by atoms with Crippen LogP contribution in [0.2, 0.25) is 0 Å². The Labute approximate surface area is 110 Å². The number of amides is 1. The van der Waals surface area contributed by atoms with Gasteiger partial charge in [0.2, 0.25) is 0 Å². The molecule has 0 spiro atoms. The second-order valence-corrected chi connectivity index (χ2v) is 4.64. The van der Waals surface area contributed by atoms with E-state index in [1.165, 1.54) is 23.6 Å². The highest BCUT2D eigenvalue weighted by molar-refractivity contribution is 7.15. The number of para-hydroxylation sites is 1. The van der Waals surface area contributed by atoms with Gasteiger partial charge in [0.25, 0.3) is 5.91 Å². The van der Waals surface area contributed by atoms with Gasteiger partial charge in [-0.25, -0.2) is 13.8 Å². The zero-order valence-electron chi connectivity index (χ0n) is 9.43. The van der Waals surface area contributed by atoms with Crippen LogP contribution in [0.4, 0.5) is 14.5 Å². The first-order valence-corrected chi connectivity index (χ1v) is 6.20. The average Bonchev–Trinajstić information content (AvgIpc) is 2.94. The molecule has 0 fully saturated rings. The lowest BCUT2D eigenvalue weighted by Crippen LogP contribution is -2.14. The molecule has 1 aromatic carbocycles. The van der Waals surface area contributed by atoms with E-state index in [-0.39, 0.29) is 5.69 Å². The fourth-order valence-corrected chi connectivity index (χ4v) is 2.33. The number of nitrogens with zero attached hydrogens (tertiary/aromatic N) is 2. The van der Waals surface area contributed by atoms with E-state index in [4.69, 9.17) is 0 Å². The van der Waals surface area contributed by atoms with Crippen molar-refractivity contribution in [2.24, 2.45) is 0 Å². The number of carbonyl (C=O) groups is 1. The van der Waals surface area contributed by atoms with Crippen LogP contribution in [0, 0.1) is 11.6 Å². The molecule has 0 atom stereocenters. The Bertz CT molecular complexity index is 717. The number of carbonyl (C=O) groups excluding carboxylic acids is 1. The fraction of sp³-hybridized carbons (Fsp3) is 0. The zero-order valence-corrected chi connectivity index (χ0v) is 10.2. The summed E-state index contributed by atoms with van der Waals surface area (Å²) in [7, 11) is 0. The largest absolute Gasteiger partial charge is 0.316 e. The molecule has 3 rings (SSSR count). The van der Waals surface area contributed by atoms with Crippen LogP contribution in [0.15, 0.2) is 36.0 Å². The number of halogens is 2.